The number of aromatic carboxylic acids is 2. The molecule has 0 saturated heterocycles. The van der Waals surface area contributed by atoms with E-state index in [0.717, 1.165) is 6.07 Å². The minimum atomic E-state index is -4.64. The number of hydrogen-bond donors (Lipinski definition) is 3. The highest BCUT2D eigenvalue weighted by atomic mass is 32.2. The fraction of sp³-hybridized carbons (Fsp3) is 0.692. The van der Waals surface area contributed by atoms with Crippen molar-refractivity contribution in [2.45, 2.75) is 103 Å². The molecule has 0 aliphatic rings. The van der Waals surface area contributed by atoms with Gasteiger partial charge in [-0.3, -0.25) is 4.55 Å². The molecule has 202 valence electrons. The summed E-state index contributed by atoms with van der Waals surface area (Å²) in [4.78, 5) is 20.4. The van der Waals surface area contributed by atoms with Crippen molar-refractivity contribution in [3.63, 3.8) is 0 Å². The highest BCUT2D eigenvalue weighted by Crippen LogP contribution is 2.39. The van der Waals surface area contributed by atoms with Gasteiger partial charge in [-0.05, 0) is 55.9 Å². The van der Waals surface area contributed by atoms with Crippen LogP contribution in [0.15, 0.2) is 23.1 Å². The summed E-state index contributed by atoms with van der Waals surface area (Å²) < 4.78 is 30.2. The lowest BCUT2D eigenvalue weighted by atomic mass is 10.1. The topological polar surface area (TPSA) is 129 Å². The molecule has 0 aliphatic heterocycles. The van der Waals surface area contributed by atoms with E-state index >= 15 is 0 Å². The van der Waals surface area contributed by atoms with Crippen molar-refractivity contribution in [1.29, 1.82) is 0 Å². The van der Waals surface area contributed by atoms with Gasteiger partial charge in [0.15, 0.2) is 0 Å². The van der Waals surface area contributed by atoms with Crippen LogP contribution in [0, 0.1) is 0 Å². The van der Waals surface area contributed by atoms with Gasteiger partial charge < -0.3 is 10.2 Å². The number of unbranched alkanes of at least 4 members (excludes halogenated alkanes) is 9. The lowest BCUT2D eigenvalue weighted by Gasteiger charge is -2.17. The molecule has 0 heterocycles. The summed E-state index contributed by atoms with van der Waals surface area (Å²) in [6.07, 6.45) is 22.2. The summed E-state index contributed by atoms with van der Waals surface area (Å²) in [5.41, 5.74) is -1.07. The lowest BCUT2D eigenvalue weighted by molar-refractivity contribution is 0.0696. The maximum absolute atomic E-state index is 10.8. The van der Waals surface area contributed by atoms with Gasteiger partial charge in [-0.15, -0.1) is 7.92 Å². The van der Waals surface area contributed by atoms with E-state index in [1.165, 1.54) is 77.0 Å². The molecule has 1 rings (SSSR count). The Bertz CT molecular complexity index is 779. The van der Waals surface area contributed by atoms with Gasteiger partial charge in [-0.2, -0.15) is 8.42 Å². The van der Waals surface area contributed by atoms with E-state index in [9.17, 15) is 18.0 Å². The number of benzene rings is 1. The van der Waals surface area contributed by atoms with Crippen molar-refractivity contribution in [3.8, 4) is 0 Å². The molecule has 0 bridgehead atoms. The Morgan fingerprint density at radius 3 is 1.26 bits per heavy atom. The van der Waals surface area contributed by atoms with E-state index in [2.05, 4.69) is 20.8 Å². The number of carboxylic acids is 2. The molecule has 7 nitrogen and oxygen atoms in total. The molecule has 0 atom stereocenters. The zero-order valence-corrected chi connectivity index (χ0v) is 23.4. The van der Waals surface area contributed by atoms with Gasteiger partial charge in [0.25, 0.3) is 10.1 Å². The fourth-order valence-electron chi connectivity index (χ4n) is 3.62. The third kappa shape index (κ3) is 16.7. The lowest BCUT2D eigenvalue weighted by Crippen LogP contribution is -2.07. The molecule has 0 aliphatic carbocycles. The molecule has 0 unspecified atom stereocenters. The van der Waals surface area contributed by atoms with Crippen molar-refractivity contribution < 1.29 is 32.8 Å². The second-order valence-electron chi connectivity index (χ2n) is 8.86. The van der Waals surface area contributed by atoms with Gasteiger partial charge in [0.1, 0.15) is 0 Å². The second-order valence-corrected chi connectivity index (χ2v) is 13.0. The van der Waals surface area contributed by atoms with Gasteiger partial charge in [0, 0.05) is 0 Å². The first kappa shape index (κ1) is 33.5. The third-order valence-corrected chi connectivity index (χ3v) is 9.36. The van der Waals surface area contributed by atoms with Crippen LogP contribution in [0.4, 0.5) is 0 Å². The van der Waals surface area contributed by atoms with Crippen molar-refractivity contribution in [2.24, 2.45) is 0 Å². The molecule has 1 aromatic rings. The quantitative estimate of drug-likeness (QED) is 0.101. The fourth-order valence-corrected chi connectivity index (χ4v) is 6.85. The predicted molar refractivity (Wildman–Crippen MR) is 144 cm³/mol. The summed E-state index contributed by atoms with van der Waals surface area (Å²) in [7, 11) is -4.25. The summed E-state index contributed by atoms with van der Waals surface area (Å²) in [5.74, 6) is -2.99. The zero-order valence-electron chi connectivity index (χ0n) is 21.7. The minimum Gasteiger partial charge on any atom is -0.478 e. The SMILES string of the molecule is CCCCCCP(CCCCCC)CCCCCC.O=C(O)c1cc(C(=O)O)cc(S(=O)(=O)O)c1. The van der Waals surface area contributed by atoms with E-state index < -0.39 is 38.1 Å². The Labute approximate surface area is 213 Å². The maximum atomic E-state index is 10.8. The number of rotatable bonds is 18. The van der Waals surface area contributed by atoms with Crippen molar-refractivity contribution in [2.75, 3.05) is 18.5 Å². The van der Waals surface area contributed by atoms with Crippen molar-refractivity contribution in [1.82, 2.24) is 0 Å². The summed E-state index contributed by atoms with van der Waals surface area (Å²) >= 11 is 0. The van der Waals surface area contributed by atoms with Gasteiger partial charge >= 0.3 is 11.9 Å². The van der Waals surface area contributed by atoms with Crippen LogP contribution in [0.3, 0.4) is 0 Å². The van der Waals surface area contributed by atoms with Crippen molar-refractivity contribution in [3.05, 3.63) is 29.3 Å². The Morgan fingerprint density at radius 1 is 0.657 bits per heavy atom. The first-order valence-electron chi connectivity index (χ1n) is 12.9. The summed E-state index contributed by atoms with van der Waals surface area (Å²) in [6.45, 7) is 6.95. The molecule has 0 aromatic heterocycles. The van der Waals surface area contributed by atoms with Gasteiger partial charge in [-0.25, -0.2) is 9.59 Å². The Kier molecular flexibility index (Phi) is 18.8. The van der Waals surface area contributed by atoms with E-state index in [4.69, 9.17) is 14.8 Å². The zero-order chi connectivity index (χ0) is 26.7. The molecule has 0 saturated carbocycles. The summed E-state index contributed by atoms with van der Waals surface area (Å²) in [6, 6.07) is 2.13. The second kappa shape index (κ2) is 19.7. The smallest absolute Gasteiger partial charge is 0.335 e. The van der Waals surface area contributed by atoms with E-state index in [0.29, 0.717) is 20.1 Å². The van der Waals surface area contributed by atoms with Crippen LogP contribution >= 0.6 is 7.92 Å². The van der Waals surface area contributed by atoms with Crippen LogP contribution < -0.4 is 0 Å². The molecular formula is C26H45O7PS. The van der Waals surface area contributed by atoms with Gasteiger partial charge in [0.2, 0.25) is 0 Å². The minimum absolute atomic E-state index is 0.389. The Morgan fingerprint density at radius 2 is 1.00 bits per heavy atom. The highest BCUT2D eigenvalue weighted by Gasteiger charge is 2.17. The average Bonchev–Trinajstić information content (AvgIpc) is 2.81. The van der Waals surface area contributed by atoms with Crippen LogP contribution in [0.5, 0.6) is 0 Å². The highest BCUT2D eigenvalue weighted by molar-refractivity contribution is 7.85. The molecule has 3 N–H and O–H groups in total. The van der Waals surface area contributed by atoms with Crippen molar-refractivity contribution >= 4 is 30.0 Å². The number of carbonyl (C=O) groups is 2. The van der Waals surface area contributed by atoms with Crippen LogP contribution in [-0.2, 0) is 10.1 Å². The number of hydrogen-bond acceptors (Lipinski definition) is 4. The molecule has 0 spiro atoms. The normalized spacial score (nSPS) is 11.2. The Balaban J connectivity index is 0.000000669. The first-order valence-corrected chi connectivity index (χ1v) is 16.2. The Hall–Kier alpha value is -1.50. The summed E-state index contributed by atoms with van der Waals surface area (Å²) in [5, 5.41) is 17.2. The van der Waals surface area contributed by atoms with Crippen LogP contribution in [0.2, 0.25) is 0 Å². The molecular weight excluding hydrogens is 487 g/mol. The van der Waals surface area contributed by atoms with E-state index in [1.54, 1.807) is 18.5 Å². The molecule has 9 heteroatoms. The predicted octanol–water partition coefficient (Wildman–Crippen LogP) is 7.54. The molecule has 35 heavy (non-hydrogen) atoms. The van der Waals surface area contributed by atoms with E-state index in [1.807, 2.05) is 0 Å². The molecule has 1 aromatic carbocycles. The number of carboxylic acid groups (broad SMARTS) is 2. The maximum Gasteiger partial charge on any atom is 0.335 e. The molecule has 0 amide bonds. The molecule has 0 fully saturated rings. The van der Waals surface area contributed by atoms with Gasteiger partial charge in [0.05, 0.1) is 16.0 Å². The molecule has 0 radical (unpaired) electrons. The average molecular weight is 533 g/mol. The van der Waals surface area contributed by atoms with Crippen LogP contribution in [-0.4, -0.2) is 53.6 Å². The third-order valence-electron chi connectivity index (χ3n) is 5.68. The van der Waals surface area contributed by atoms with E-state index in [-0.39, 0.29) is 0 Å². The van der Waals surface area contributed by atoms with Crippen LogP contribution in [0.1, 0.15) is 119 Å². The van der Waals surface area contributed by atoms with Gasteiger partial charge in [-0.1, -0.05) is 78.6 Å². The van der Waals surface area contributed by atoms with Crippen LogP contribution in [0.25, 0.3) is 0 Å². The monoisotopic (exact) mass is 532 g/mol. The standard InChI is InChI=1S/C18H39P.C8H6O7S/c1-4-7-10-13-16-19(17-14-11-8-5-2)18-15-12-9-6-3;9-7(10)4-1-5(8(11)12)3-6(2-4)16(13,14)15/h4-18H2,1-3H3;1-3H,(H,9,10)(H,11,12)(H,13,14,15). The largest absolute Gasteiger partial charge is 0.478 e. The first-order chi connectivity index (χ1) is 16.6.